The number of carbonyl (C=O) groups excluding carboxylic acids is 2. The molecule has 0 atom stereocenters. The Bertz CT molecular complexity index is 755. The predicted octanol–water partition coefficient (Wildman–Crippen LogP) is 4.57. The number of ketones is 1. The zero-order valence-electron chi connectivity index (χ0n) is 14.8. The van der Waals surface area contributed by atoms with Crippen molar-refractivity contribution in [1.82, 2.24) is 0 Å². The van der Waals surface area contributed by atoms with Crippen LogP contribution in [0.5, 0.6) is 0 Å². The van der Waals surface area contributed by atoms with Crippen LogP contribution in [0.25, 0.3) is 0 Å². The molecule has 1 amide bonds. The fourth-order valence-corrected chi connectivity index (χ4v) is 2.82. The van der Waals surface area contributed by atoms with Gasteiger partial charge in [-0.3, -0.25) is 9.59 Å². The number of anilines is 2. The molecular formula is C20H23ClN2O2. The first kappa shape index (κ1) is 19.0. The lowest BCUT2D eigenvalue weighted by atomic mass is 10.0. The molecule has 0 aromatic heterocycles. The zero-order chi connectivity index (χ0) is 18.4. The number of benzene rings is 2. The van der Waals surface area contributed by atoms with Gasteiger partial charge in [-0.25, -0.2) is 0 Å². The Labute approximate surface area is 153 Å². The first-order valence-corrected chi connectivity index (χ1v) is 8.67. The standard InChI is InChI=1S/C20H23ClN2O2/c1-4-14-5-7-15(8-6-14)19(24)11-12-20(25)22-16-9-10-18(23(2)3)17(21)13-16/h5-10,13H,4,11-12H2,1-3H3,(H,22,25). The first-order valence-electron chi connectivity index (χ1n) is 8.29. The first-order chi connectivity index (χ1) is 11.9. The Morgan fingerprint density at radius 2 is 1.72 bits per heavy atom. The van der Waals surface area contributed by atoms with Gasteiger partial charge in [-0.15, -0.1) is 0 Å². The number of rotatable bonds is 7. The minimum absolute atomic E-state index is 0.0289. The van der Waals surface area contributed by atoms with Crippen LogP contribution in [0.2, 0.25) is 5.02 Å². The van der Waals surface area contributed by atoms with E-state index < -0.39 is 0 Å². The molecule has 0 aliphatic carbocycles. The second-order valence-electron chi connectivity index (χ2n) is 6.08. The number of nitrogens with one attached hydrogen (secondary N) is 1. The molecule has 0 heterocycles. The normalized spacial score (nSPS) is 10.4. The Kier molecular flexibility index (Phi) is 6.59. The van der Waals surface area contributed by atoms with Crippen molar-refractivity contribution in [2.45, 2.75) is 26.2 Å². The third-order valence-electron chi connectivity index (χ3n) is 3.98. The molecule has 0 aliphatic rings. The average Bonchev–Trinajstić information content (AvgIpc) is 2.59. The maximum absolute atomic E-state index is 12.2. The molecular weight excluding hydrogens is 336 g/mol. The Hall–Kier alpha value is -2.33. The lowest BCUT2D eigenvalue weighted by Crippen LogP contribution is -2.14. The molecule has 132 valence electrons. The van der Waals surface area contributed by atoms with Crippen molar-refractivity contribution in [3.8, 4) is 0 Å². The van der Waals surface area contributed by atoms with E-state index in [9.17, 15) is 9.59 Å². The molecule has 0 spiro atoms. The molecule has 4 nitrogen and oxygen atoms in total. The summed E-state index contributed by atoms with van der Waals surface area (Å²) in [5.74, 6) is -0.231. The predicted molar refractivity (Wildman–Crippen MR) is 104 cm³/mol. The summed E-state index contributed by atoms with van der Waals surface area (Å²) in [5.41, 5.74) is 3.33. The monoisotopic (exact) mass is 358 g/mol. The van der Waals surface area contributed by atoms with Crippen molar-refractivity contribution in [1.29, 1.82) is 0 Å². The maximum Gasteiger partial charge on any atom is 0.224 e. The van der Waals surface area contributed by atoms with Gasteiger partial charge in [0.1, 0.15) is 0 Å². The van der Waals surface area contributed by atoms with Crippen LogP contribution in [-0.4, -0.2) is 25.8 Å². The molecule has 2 aromatic carbocycles. The van der Waals surface area contributed by atoms with Gasteiger partial charge in [0.05, 0.1) is 10.7 Å². The molecule has 5 heteroatoms. The maximum atomic E-state index is 12.2. The van der Waals surface area contributed by atoms with Crippen LogP contribution < -0.4 is 10.2 Å². The number of carbonyl (C=O) groups is 2. The van der Waals surface area contributed by atoms with Crippen LogP contribution in [0.15, 0.2) is 42.5 Å². The summed E-state index contributed by atoms with van der Waals surface area (Å²) in [6, 6.07) is 12.9. The molecule has 0 bridgehead atoms. The number of nitrogens with zero attached hydrogens (tertiary/aromatic N) is 1. The van der Waals surface area contributed by atoms with E-state index in [1.54, 1.807) is 12.1 Å². The van der Waals surface area contributed by atoms with Gasteiger partial charge in [0.2, 0.25) is 5.91 Å². The molecule has 1 N–H and O–H groups in total. The number of amides is 1. The number of Topliss-reactive ketones (excluding diaryl/α,β-unsaturated/α-hetero) is 1. The van der Waals surface area contributed by atoms with Gasteiger partial charge in [-0.2, -0.15) is 0 Å². The van der Waals surface area contributed by atoms with Crippen LogP contribution in [0.1, 0.15) is 35.7 Å². The summed E-state index contributed by atoms with van der Waals surface area (Å²) in [6.45, 7) is 2.07. The molecule has 0 fully saturated rings. The van der Waals surface area contributed by atoms with Gasteiger partial charge in [0, 0.05) is 38.2 Å². The number of aryl methyl sites for hydroxylation is 1. The Balaban J connectivity index is 1.89. The summed E-state index contributed by atoms with van der Waals surface area (Å²) in [4.78, 5) is 26.1. The second-order valence-corrected chi connectivity index (χ2v) is 6.49. The van der Waals surface area contributed by atoms with E-state index in [-0.39, 0.29) is 24.5 Å². The van der Waals surface area contributed by atoms with Crippen molar-refractivity contribution < 1.29 is 9.59 Å². The molecule has 2 rings (SSSR count). The van der Waals surface area contributed by atoms with Crippen LogP contribution in [0, 0.1) is 0 Å². The molecule has 0 radical (unpaired) electrons. The highest BCUT2D eigenvalue weighted by Crippen LogP contribution is 2.27. The lowest BCUT2D eigenvalue weighted by Gasteiger charge is -2.15. The highest BCUT2D eigenvalue weighted by atomic mass is 35.5. The minimum atomic E-state index is -0.202. The molecule has 2 aromatic rings. The Morgan fingerprint density at radius 1 is 1.04 bits per heavy atom. The number of halogens is 1. The van der Waals surface area contributed by atoms with Crippen molar-refractivity contribution in [2.24, 2.45) is 0 Å². The molecule has 0 saturated heterocycles. The number of hydrogen-bond acceptors (Lipinski definition) is 3. The molecule has 25 heavy (non-hydrogen) atoms. The quantitative estimate of drug-likeness (QED) is 0.737. The second kappa shape index (κ2) is 8.67. The Morgan fingerprint density at radius 3 is 2.28 bits per heavy atom. The largest absolute Gasteiger partial charge is 0.376 e. The van der Waals surface area contributed by atoms with E-state index >= 15 is 0 Å². The highest BCUT2D eigenvalue weighted by Gasteiger charge is 2.11. The molecule has 0 aliphatic heterocycles. The van der Waals surface area contributed by atoms with E-state index in [4.69, 9.17) is 11.6 Å². The van der Waals surface area contributed by atoms with E-state index in [0.717, 1.165) is 12.1 Å². The van der Waals surface area contributed by atoms with E-state index in [1.807, 2.05) is 49.3 Å². The fraction of sp³-hybridized carbons (Fsp3) is 0.300. The van der Waals surface area contributed by atoms with Crippen LogP contribution >= 0.6 is 11.6 Å². The van der Waals surface area contributed by atoms with E-state index in [1.165, 1.54) is 5.56 Å². The third-order valence-corrected chi connectivity index (χ3v) is 4.28. The van der Waals surface area contributed by atoms with Crippen molar-refractivity contribution >= 4 is 34.7 Å². The lowest BCUT2D eigenvalue weighted by molar-refractivity contribution is -0.116. The van der Waals surface area contributed by atoms with Crippen LogP contribution in [-0.2, 0) is 11.2 Å². The smallest absolute Gasteiger partial charge is 0.224 e. The van der Waals surface area contributed by atoms with Gasteiger partial charge in [-0.05, 0) is 30.2 Å². The van der Waals surface area contributed by atoms with Crippen molar-refractivity contribution in [3.63, 3.8) is 0 Å². The summed E-state index contributed by atoms with van der Waals surface area (Å²) >= 11 is 6.19. The van der Waals surface area contributed by atoms with Gasteiger partial charge in [-0.1, -0.05) is 42.8 Å². The molecule has 0 unspecified atom stereocenters. The average molecular weight is 359 g/mol. The van der Waals surface area contributed by atoms with Gasteiger partial charge < -0.3 is 10.2 Å². The van der Waals surface area contributed by atoms with Gasteiger partial charge in [0.15, 0.2) is 5.78 Å². The third kappa shape index (κ3) is 5.33. The van der Waals surface area contributed by atoms with Crippen LogP contribution in [0.4, 0.5) is 11.4 Å². The van der Waals surface area contributed by atoms with E-state index in [2.05, 4.69) is 12.2 Å². The summed E-state index contributed by atoms with van der Waals surface area (Å²) in [7, 11) is 3.80. The zero-order valence-corrected chi connectivity index (χ0v) is 15.6. The SMILES string of the molecule is CCc1ccc(C(=O)CCC(=O)Nc2ccc(N(C)C)c(Cl)c2)cc1. The number of hydrogen-bond donors (Lipinski definition) is 1. The summed E-state index contributed by atoms with van der Waals surface area (Å²) < 4.78 is 0. The van der Waals surface area contributed by atoms with Gasteiger partial charge >= 0.3 is 0 Å². The van der Waals surface area contributed by atoms with E-state index in [0.29, 0.717) is 16.3 Å². The van der Waals surface area contributed by atoms with Crippen molar-refractivity contribution in [3.05, 3.63) is 58.6 Å². The van der Waals surface area contributed by atoms with Crippen LogP contribution in [0.3, 0.4) is 0 Å². The summed E-state index contributed by atoms with van der Waals surface area (Å²) in [5, 5.41) is 3.34. The van der Waals surface area contributed by atoms with Gasteiger partial charge in [0.25, 0.3) is 0 Å². The summed E-state index contributed by atoms with van der Waals surface area (Å²) in [6.07, 6.45) is 1.26. The highest BCUT2D eigenvalue weighted by molar-refractivity contribution is 6.33. The topological polar surface area (TPSA) is 49.4 Å². The minimum Gasteiger partial charge on any atom is -0.376 e. The fourth-order valence-electron chi connectivity index (χ4n) is 2.47. The van der Waals surface area contributed by atoms with Crippen molar-refractivity contribution in [2.75, 3.05) is 24.3 Å². The molecule has 0 saturated carbocycles.